The Labute approximate surface area is 107 Å². The van der Waals surface area contributed by atoms with E-state index < -0.39 is 12.5 Å². The Kier molecular flexibility index (Phi) is 5.66. The summed E-state index contributed by atoms with van der Waals surface area (Å²) >= 11 is 9.25. The summed E-state index contributed by atoms with van der Waals surface area (Å²) in [5.74, 6) is 0. The van der Waals surface area contributed by atoms with Gasteiger partial charge in [0, 0.05) is 9.50 Å². The minimum Gasteiger partial charge on any atom is -0.309 e. The highest BCUT2D eigenvalue weighted by Gasteiger charge is 2.20. The minimum absolute atomic E-state index is 0.234. The lowest BCUT2D eigenvalue weighted by Crippen LogP contribution is -2.37. The molecule has 0 spiro atoms. The number of hydrogen-bond acceptors (Lipinski definition) is 1. The number of halogens is 4. The Morgan fingerprint density at radius 2 is 2.12 bits per heavy atom. The molecule has 0 aliphatic carbocycles. The van der Waals surface area contributed by atoms with Crippen LogP contribution in [0.5, 0.6) is 0 Å². The van der Waals surface area contributed by atoms with E-state index in [0.29, 0.717) is 11.6 Å². The molecule has 1 rings (SSSR count). The van der Waals surface area contributed by atoms with E-state index in [4.69, 9.17) is 11.6 Å². The summed E-state index contributed by atoms with van der Waals surface area (Å²) in [5, 5.41) is 3.26. The van der Waals surface area contributed by atoms with Crippen molar-refractivity contribution in [2.45, 2.75) is 25.8 Å². The molecule has 16 heavy (non-hydrogen) atoms. The molecule has 1 aromatic carbocycles. The normalized spacial score (nSPS) is 13.1. The lowest BCUT2D eigenvalue weighted by atomic mass is 10.1. The van der Waals surface area contributed by atoms with E-state index in [0.717, 1.165) is 10.0 Å². The number of likely N-dealkylation sites (N-methyl/N-ethyl adjacent to an activating group) is 1. The Balaban J connectivity index is 2.77. The highest BCUT2D eigenvalue weighted by Crippen LogP contribution is 2.23. The van der Waals surface area contributed by atoms with Crippen molar-refractivity contribution in [1.29, 1.82) is 0 Å². The van der Waals surface area contributed by atoms with E-state index >= 15 is 0 Å². The molecule has 0 aliphatic rings. The van der Waals surface area contributed by atoms with Gasteiger partial charge >= 0.3 is 0 Å². The fourth-order valence-corrected chi connectivity index (χ4v) is 2.19. The summed E-state index contributed by atoms with van der Waals surface area (Å²) in [7, 11) is 0. The second-order valence-corrected chi connectivity index (χ2v) is 4.76. The van der Waals surface area contributed by atoms with Gasteiger partial charge in [-0.3, -0.25) is 0 Å². The van der Waals surface area contributed by atoms with Gasteiger partial charge in [0.2, 0.25) is 0 Å². The molecule has 0 aliphatic heterocycles. The Bertz CT molecular complexity index is 347. The standard InChI is InChI=1S/C11H13BrClF2N/c1-2-16-10(11(14)15)5-7-3-4-8(12)6-9(7)13/h3-4,6,10-11,16H,2,5H2,1H3. The van der Waals surface area contributed by atoms with E-state index in [1.165, 1.54) is 0 Å². The third-order valence-corrected chi connectivity index (χ3v) is 3.07. The van der Waals surface area contributed by atoms with Gasteiger partial charge in [0.15, 0.2) is 0 Å². The number of nitrogens with one attached hydrogen (secondary N) is 1. The number of benzene rings is 1. The topological polar surface area (TPSA) is 12.0 Å². The number of hydrogen-bond donors (Lipinski definition) is 1. The second kappa shape index (κ2) is 6.52. The Morgan fingerprint density at radius 1 is 1.44 bits per heavy atom. The first-order chi connectivity index (χ1) is 7.54. The molecule has 0 saturated carbocycles. The molecule has 1 aromatic rings. The van der Waals surface area contributed by atoms with Crippen molar-refractivity contribution >= 4 is 27.5 Å². The quantitative estimate of drug-likeness (QED) is 0.870. The maximum atomic E-state index is 12.7. The summed E-state index contributed by atoms with van der Waals surface area (Å²) in [6.45, 7) is 2.32. The van der Waals surface area contributed by atoms with E-state index in [2.05, 4.69) is 21.2 Å². The van der Waals surface area contributed by atoms with Gasteiger partial charge in [-0.25, -0.2) is 8.78 Å². The molecule has 0 fully saturated rings. The average Bonchev–Trinajstić information content (AvgIpc) is 2.20. The van der Waals surface area contributed by atoms with Crippen LogP contribution in [0, 0.1) is 0 Å². The van der Waals surface area contributed by atoms with Crippen molar-refractivity contribution in [3.63, 3.8) is 0 Å². The van der Waals surface area contributed by atoms with Crippen molar-refractivity contribution < 1.29 is 8.78 Å². The maximum absolute atomic E-state index is 12.7. The van der Waals surface area contributed by atoms with Crippen LogP contribution < -0.4 is 5.32 Å². The fourth-order valence-electron chi connectivity index (χ4n) is 1.44. The maximum Gasteiger partial charge on any atom is 0.254 e. The lowest BCUT2D eigenvalue weighted by molar-refractivity contribution is 0.0991. The van der Waals surface area contributed by atoms with Crippen LogP contribution in [0.2, 0.25) is 5.02 Å². The molecular formula is C11H13BrClF2N. The number of rotatable bonds is 5. The molecule has 90 valence electrons. The molecule has 1 N–H and O–H groups in total. The van der Waals surface area contributed by atoms with E-state index in [9.17, 15) is 8.78 Å². The van der Waals surface area contributed by atoms with Gasteiger partial charge < -0.3 is 5.32 Å². The Hall–Kier alpha value is -0.190. The molecule has 1 nitrogen and oxygen atoms in total. The Morgan fingerprint density at radius 3 is 2.62 bits per heavy atom. The highest BCUT2D eigenvalue weighted by atomic mass is 79.9. The van der Waals surface area contributed by atoms with Crippen molar-refractivity contribution in [3.8, 4) is 0 Å². The van der Waals surface area contributed by atoms with Gasteiger partial charge in [-0.05, 0) is 30.7 Å². The first-order valence-corrected chi connectivity index (χ1v) is 6.17. The lowest BCUT2D eigenvalue weighted by Gasteiger charge is -2.17. The van der Waals surface area contributed by atoms with Crippen LogP contribution >= 0.6 is 27.5 Å². The van der Waals surface area contributed by atoms with Crippen LogP contribution in [0.4, 0.5) is 8.78 Å². The molecule has 0 aromatic heterocycles. The second-order valence-electron chi connectivity index (χ2n) is 3.44. The zero-order valence-corrected chi connectivity index (χ0v) is 11.2. The van der Waals surface area contributed by atoms with Crippen LogP contribution in [0.15, 0.2) is 22.7 Å². The molecule has 0 saturated heterocycles. The smallest absolute Gasteiger partial charge is 0.254 e. The molecule has 1 unspecified atom stereocenters. The third-order valence-electron chi connectivity index (χ3n) is 2.23. The molecule has 0 bridgehead atoms. The summed E-state index contributed by atoms with van der Waals surface area (Å²) in [5.41, 5.74) is 0.733. The zero-order chi connectivity index (χ0) is 12.1. The fraction of sp³-hybridized carbons (Fsp3) is 0.455. The molecule has 1 atom stereocenters. The van der Waals surface area contributed by atoms with Gasteiger partial charge in [-0.1, -0.05) is 40.5 Å². The summed E-state index contributed by atoms with van der Waals surface area (Å²) in [4.78, 5) is 0. The summed E-state index contributed by atoms with van der Waals surface area (Å²) < 4.78 is 26.2. The van der Waals surface area contributed by atoms with Crippen molar-refractivity contribution in [3.05, 3.63) is 33.3 Å². The molecule has 0 amide bonds. The van der Waals surface area contributed by atoms with E-state index in [1.54, 1.807) is 25.1 Å². The predicted molar refractivity (Wildman–Crippen MR) is 66.3 cm³/mol. The molecule has 0 heterocycles. The highest BCUT2D eigenvalue weighted by molar-refractivity contribution is 9.10. The molecule has 0 radical (unpaired) electrons. The van der Waals surface area contributed by atoms with Gasteiger partial charge in [0.05, 0.1) is 6.04 Å². The average molecular weight is 313 g/mol. The largest absolute Gasteiger partial charge is 0.309 e. The first kappa shape index (κ1) is 13.9. The van der Waals surface area contributed by atoms with Gasteiger partial charge in [0.25, 0.3) is 6.43 Å². The van der Waals surface area contributed by atoms with E-state index in [-0.39, 0.29) is 6.42 Å². The van der Waals surface area contributed by atoms with Crippen LogP contribution in [0.3, 0.4) is 0 Å². The number of alkyl halides is 2. The van der Waals surface area contributed by atoms with Gasteiger partial charge in [-0.15, -0.1) is 0 Å². The molecule has 5 heteroatoms. The predicted octanol–water partition coefficient (Wildman–Crippen LogP) is 3.89. The first-order valence-electron chi connectivity index (χ1n) is 5.00. The van der Waals surface area contributed by atoms with Crippen LogP contribution in [0.25, 0.3) is 0 Å². The summed E-state index contributed by atoms with van der Waals surface area (Å²) in [6, 6.07) is 4.43. The van der Waals surface area contributed by atoms with Crippen LogP contribution in [0.1, 0.15) is 12.5 Å². The third kappa shape index (κ3) is 4.00. The van der Waals surface area contributed by atoms with Crippen molar-refractivity contribution in [1.82, 2.24) is 5.32 Å². The zero-order valence-electron chi connectivity index (χ0n) is 8.81. The van der Waals surface area contributed by atoms with Crippen LogP contribution in [-0.2, 0) is 6.42 Å². The summed E-state index contributed by atoms with van der Waals surface area (Å²) in [6.07, 6.45) is -2.16. The van der Waals surface area contributed by atoms with Gasteiger partial charge in [-0.2, -0.15) is 0 Å². The van der Waals surface area contributed by atoms with E-state index in [1.807, 2.05) is 0 Å². The van der Waals surface area contributed by atoms with Crippen molar-refractivity contribution in [2.75, 3.05) is 6.54 Å². The molecular weight excluding hydrogens is 299 g/mol. The SMILES string of the molecule is CCNC(Cc1ccc(Br)cc1Cl)C(F)F. The monoisotopic (exact) mass is 311 g/mol. The van der Waals surface area contributed by atoms with Gasteiger partial charge in [0.1, 0.15) is 0 Å². The van der Waals surface area contributed by atoms with Crippen LogP contribution in [-0.4, -0.2) is 19.0 Å². The minimum atomic E-state index is -2.39. The van der Waals surface area contributed by atoms with Crippen molar-refractivity contribution in [2.24, 2.45) is 0 Å².